The third-order valence-corrected chi connectivity index (χ3v) is 7.47. The van der Waals surface area contributed by atoms with Gasteiger partial charge in [0.2, 0.25) is 10.0 Å². The molecule has 1 heterocycles. The van der Waals surface area contributed by atoms with E-state index in [1.54, 1.807) is 19.1 Å². The second-order valence-electron chi connectivity index (χ2n) is 8.19. The number of rotatable bonds is 7. The van der Waals surface area contributed by atoms with E-state index < -0.39 is 10.0 Å². The number of nitrogens with zero attached hydrogens (tertiary/aromatic N) is 2. The van der Waals surface area contributed by atoms with Gasteiger partial charge < -0.3 is 15.0 Å². The van der Waals surface area contributed by atoms with Crippen molar-refractivity contribution >= 4 is 15.9 Å². The third kappa shape index (κ3) is 5.84. The molecule has 1 atom stereocenters. The van der Waals surface area contributed by atoms with Crippen LogP contribution in [0.5, 0.6) is 5.75 Å². The number of piperazine rings is 1. The van der Waals surface area contributed by atoms with Gasteiger partial charge in [-0.05, 0) is 57.6 Å². The number of likely N-dealkylation sites (N-methyl/N-ethyl adjacent to an activating group) is 1. The molecule has 1 N–H and O–H groups in total. The number of hydrogen-bond acceptors (Lipinski definition) is 5. The van der Waals surface area contributed by atoms with Crippen LogP contribution in [0, 0.1) is 13.8 Å². The summed E-state index contributed by atoms with van der Waals surface area (Å²) in [6, 6.07) is 12.3. The Morgan fingerprint density at radius 1 is 1.06 bits per heavy atom. The maximum Gasteiger partial charge on any atom is 0.251 e. The minimum atomic E-state index is -3.65. The predicted octanol–water partition coefficient (Wildman–Crippen LogP) is 2.44. The van der Waals surface area contributed by atoms with Gasteiger partial charge in [-0.3, -0.25) is 4.79 Å². The van der Waals surface area contributed by atoms with Crippen LogP contribution in [0.3, 0.4) is 0 Å². The molecule has 31 heavy (non-hydrogen) atoms. The number of carbonyl (C=O) groups excluding carboxylic acids is 1. The summed E-state index contributed by atoms with van der Waals surface area (Å²) in [6.45, 7) is 8.20. The van der Waals surface area contributed by atoms with Gasteiger partial charge in [0, 0.05) is 31.7 Å². The van der Waals surface area contributed by atoms with E-state index >= 15 is 0 Å². The van der Waals surface area contributed by atoms with Crippen LogP contribution >= 0.6 is 0 Å². The lowest BCUT2D eigenvalue weighted by atomic mass is 10.1. The van der Waals surface area contributed by atoms with Crippen molar-refractivity contribution in [2.24, 2.45) is 0 Å². The Hall–Kier alpha value is -2.42. The van der Waals surface area contributed by atoms with E-state index in [2.05, 4.69) is 10.2 Å². The van der Waals surface area contributed by atoms with Gasteiger partial charge in [0.05, 0.1) is 10.9 Å². The second-order valence-corrected chi connectivity index (χ2v) is 10.1. The molecule has 2 aromatic rings. The molecule has 0 radical (unpaired) electrons. The number of ether oxygens (including phenoxy) is 1. The zero-order valence-electron chi connectivity index (χ0n) is 18.6. The topological polar surface area (TPSA) is 78.9 Å². The van der Waals surface area contributed by atoms with Gasteiger partial charge in [-0.15, -0.1) is 0 Å². The van der Waals surface area contributed by atoms with Crippen LogP contribution in [0.25, 0.3) is 0 Å². The quantitative estimate of drug-likeness (QED) is 0.708. The first-order chi connectivity index (χ1) is 14.7. The lowest BCUT2D eigenvalue weighted by Gasteiger charge is -2.32. The smallest absolute Gasteiger partial charge is 0.251 e. The van der Waals surface area contributed by atoms with E-state index in [0.717, 1.165) is 11.3 Å². The Morgan fingerprint density at radius 2 is 1.71 bits per heavy atom. The van der Waals surface area contributed by atoms with Gasteiger partial charge >= 0.3 is 0 Å². The van der Waals surface area contributed by atoms with Crippen LogP contribution in [-0.2, 0) is 10.0 Å². The third-order valence-electron chi connectivity index (χ3n) is 5.43. The van der Waals surface area contributed by atoms with Crippen LogP contribution in [0.2, 0.25) is 0 Å². The number of benzene rings is 2. The largest absolute Gasteiger partial charge is 0.491 e. The van der Waals surface area contributed by atoms with Crippen molar-refractivity contribution in [1.29, 1.82) is 0 Å². The highest BCUT2D eigenvalue weighted by Gasteiger charge is 2.29. The highest BCUT2D eigenvalue weighted by atomic mass is 32.2. The first-order valence-electron chi connectivity index (χ1n) is 10.5. The van der Waals surface area contributed by atoms with E-state index in [4.69, 9.17) is 4.74 Å². The molecule has 7 nitrogen and oxygen atoms in total. The molecule has 0 aromatic heterocycles. The van der Waals surface area contributed by atoms with Crippen molar-refractivity contribution in [2.75, 3.05) is 39.8 Å². The van der Waals surface area contributed by atoms with Gasteiger partial charge in [-0.2, -0.15) is 4.31 Å². The average molecular weight is 446 g/mol. The molecule has 0 aliphatic carbocycles. The minimum Gasteiger partial charge on any atom is -0.491 e. The highest BCUT2D eigenvalue weighted by molar-refractivity contribution is 7.89. The number of aryl methyl sites for hydroxylation is 2. The Morgan fingerprint density at radius 3 is 2.35 bits per heavy atom. The molecule has 3 rings (SSSR count). The van der Waals surface area contributed by atoms with Crippen molar-refractivity contribution in [1.82, 2.24) is 14.5 Å². The summed E-state index contributed by atoms with van der Waals surface area (Å²) in [5.74, 6) is 0.414. The fraction of sp³-hybridized carbons (Fsp3) is 0.435. The molecule has 0 spiro atoms. The highest BCUT2D eigenvalue weighted by Crippen LogP contribution is 2.22. The predicted molar refractivity (Wildman–Crippen MR) is 121 cm³/mol. The maximum absolute atomic E-state index is 13.2. The van der Waals surface area contributed by atoms with E-state index in [1.807, 2.05) is 45.2 Å². The Bertz CT molecular complexity index is 1010. The molecule has 1 fully saturated rings. The number of sulfonamides is 1. The molecule has 1 saturated heterocycles. The Balaban J connectivity index is 1.67. The van der Waals surface area contributed by atoms with Crippen LogP contribution in [0.1, 0.15) is 28.4 Å². The van der Waals surface area contributed by atoms with Gasteiger partial charge in [0.1, 0.15) is 12.4 Å². The number of nitrogens with one attached hydrogen (secondary N) is 1. The van der Waals surface area contributed by atoms with Gasteiger partial charge in [-0.1, -0.05) is 23.8 Å². The van der Waals surface area contributed by atoms with Crippen LogP contribution in [0.4, 0.5) is 0 Å². The van der Waals surface area contributed by atoms with Crippen molar-refractivity contribution in [3.63, 3.8) is 0 Å². The van der Waals surface area contributed by atoms with Crippen LogP contribution in [0.15, 0.2) is 47.4 Å². The van der Waals surface area contributed by atoms with E-state index in [-0.39, 0.29) is 16.8 Å². The van der Waals surface area contributed by atoms with Crippen LogP contribution < -0.4 is 10.1 Å². The molecule has 168 valence electrons. The molecule has 0 unspecified atom stereocenters. The first kappa shape index (κ1) is 23.2. The normalized spacial score (nSPS) is 16.6. The summed E-state index contributed by atoms with van der Waals surface area (Å²) in [5.41, 5.74) is 2.10. The van der Waals surface area contributed by atoms with E-state index in [0.29, 0.717) is 43.9 Å². The molecular weight excluding hydrogens is 414 g/mol. The summed E-state index contributed by atoms with van der Waals surface area (Å²) in [5, 5.41) is 2.88. The van der Waals surface area contributed by atoms with Crippen molar-refractivity contribution in [3.8, 4) is 5.75 Å². The SMILES string of the molecule is Cc1ccc(OC[C@H](C)NC(=O)c2ccc(C)c(S(=O)(=O)N3CCN(C)CC3)c2)cc1. The summed E-state index contributed by atoms with van der Waals surface area (Å²) in [4.78, 5) is 15.0. The molecule has 0 bridgehead atoms. The van der Waals surface area contributed by atoms with Crippen molar-refractivity contribution < 1.29 is 17.9 Å². The number of hydrogen-bond donors (Lipinski definition) is 1. The minimum absolute atomic E-state index is 0.188. The standard InChI is InChI=1S/C23H31N3O4S/c1-17-5-9-21(10-6-17)30-16-19(3)24-23(27)20-8-7-18(2)22(15-20)31(28,29)26-13-11-25(4)12-14-26/h5-10,15,19H,11-14,16H2,1-4H3,(H,24,27)/t19-/m0/s1. The fourth-order valence-corrected chi connectivity index (χ4v) is 5.06. The lowest BCUT2D eigenvalue weighted by molar-refractivity contribution is 0.0926. The molecule has 0 saturated carbocycles. The van der Waals surface area contributed by atoms with E-state index in [9.17, 15) is 13.2 Å². The summed E-state index contributed by atoms with van der Waals surface area (Å²) in [7, 11) is -1.67. The molecule has 1 aliphatic heterocycles. The van der Waals surface area contributed by atoms with Gasteiger partial charge in [-0.25, -0.2) is 8.42 Å². The monoisotopic (exact) mass is 445 g/mol. The van der Waals surface area contributed by atoms with Crippen molar-refractivity contribution in [3.05, 3.63) is 59.2 Å². The molecular formula is C23H31N3O4S. The lowest BCUT2D eigenvalue weighted by Crippen LogP contribution is -2.47. The Labute approximate surface area is 185 Å². The summed E-state index contributed by atoms with van der Waals surface area (Å²) < 4.78 is 33.5. The molecule has 8 heteroatoms. The molecule has 2 aromatic carbocycles. The average Bonchev–Trinajstić information content (AvgIpc) is 2.73. The summed E-state index contributed by atoms with van der Waals surface area (Å²) >= 11 is 0. The number of amides is 1. The van der Waals surface area contributed by atoms with Crippen molar-refractivity contribution in [2.45, 2.75) is 31.7 Å². The first-order valence-corrected chi connectivity index (χ1v) is 11.9. The fourth-order valence-electron chi connectivity index (χ4n) is 3.39. The second kappa shape index (κ2) is 9.80. The van der Waals surface area contributed by atoms with Gasteiger partial charge in [0.25, 0.3) is 5.91 Å². The summed E-state index contributed by atoms with van der Waals surface area (Å²) in [6.07, 6.45) is 0. The van der Waals surface area contributed by atoms with E-state index in [1.165, 1.54) is 10.4 Å². The maximum atomic E-state index is 13.2. The zero-order valence-corrected chi connectivity index (χ0v) is 19.4. The van der Waals surface area contributed by atoms with Gasteiger partial charge in [0.15, 0.2) is 0 Å². The molecule has 1 aliphatic rings. The van der Waals surface area contributed by atoms with Crippen LogP contribution in [-0.4, -0.2) is 69.4 Å². The Kier molecular flexibility index (Phi) is 7.35. The molecule has 1 amide bonds. The number of carbonyl (C=O) groups is 1. The zero-order chi connectivity index (χ0) is 22.6.